The monoisotopic (exact) mass is 300 g/mol. The van der Waals surface area contributed by atoms with Gasteiger partial charge in [0, 0.05) is 31.5 Å². The minimum absolute atomic E-state index is 0.0900. The maximum atomic E-state index is 12.2. The van der Waals surface area contributed by atoms with Crippen LogP contribution in [-0.4, -0.2) is 45.9 Å². The first kappa shape index (κ1) is 15.0. The molecule has 0 bridgehead atoms. The smallest absolute Gasteiger partial charge is 0.271 e. The molecule has 2 aromatic rings. The van der Waals surface area contributed by atoms with Gasteiger partial charge in [-0.1, -0.05) is 12.5 Å². The second-order valence-corrected chi connectivity index (χ2v) is 6.18. The third-order valence-corrected chi connectivity index (χ3v) is 4.54. The van der Waals surface area contributed by atoms with E-state index in [4.69, 9.17) is 0 Å². The van der Waals surface area contributed by atoms with Crippen LogP contribution in [0, 0.1) is 6.92 Å². The Hall–Kier alpha value is -1.88. The fourth-order valence-corrected chi connectivity index (χ4v) is 3.16. The van der Waals surface area contributed by atoms with Gasteiger partial charge in [0.25, 0.3) is 5.91 Å². The number of pyridine rings is 1. The molecule has 5 nitrogen and oxygen atoms in total. The molecule has 3 rings (SSSR count). The molecule has 1 N–H and O–H groups in total. The Bertz CT molecular complexity index is 664. The van der Waals surface area contributed by atoms with Crippen LogP contribution < -0.4 is 5.32 Å². The van der Waals surface area contributed by atoms with Gasteiger partial charge in [0.15, 0.2) is 0 Å². The summed E-state index contributed by atoms with van der Waals surface area (Å²) in [4.78, 5) is 19.1. The lowest BCUT2D eigenvalue weighted by Crippen LogP contribution is -2.42. The van der Waals surface area contributed by atoms with Gasteiger partial charge in [0.1, 0.15) is 11.3 Å². The molecule has 0 unspecified atom stereocenters. The van der Waals surface area contributed by atoms with Gasteiger partial charge in [0.2, 0.25) is 0 Å². The summed E-state index contributed by atoms with van der Waals surface area (Å²) in [5.74, 6) is -0.0900. The molecule has 1 fully saturated rings. The molecule has 1 aliphatic heterocycles. The van der Waals surface area contributed by atoms with Crippen LogP contribution in [-0.2, 0) is 0 Å². The molecular weight excluding hydrogens is 276 g/mol. The van der Waals surface area contributed by atoms with Crippen molar-refractivity contribution in [2.75, 3.05) is 19.6 Å². The number of carbonyl (C=O) groups is 1. The van der Waals surface area contributed by atoms with Crippen LogP contribution >= 0.6 is 0 Å². The Morgan fingerprint density at radius 2 is 2.32 bits per heavy atom. The Balaban J connectivity index is 1.58. The number of hydrogen-bond acceptors (Lipinski definition) is 3. The number of rotatable bonds is 4. The fourth-order valence-electron chi connectivity index (χ4n) is 3.16. The van der Waals surface area contributed by atoms with E-state index in [2.05, 4.69) is 22.1 Å². The predicted octanol–water partition coefficient (Wildman–Crippen LogP) is 2.25. The van der Waals surface area contributed by atoms with Crippen molar-refractivity contribution >= 4 is 11.6 Å². The SMILES string of the molecule is Cc1cccn2cc(C(=O)NCCN3CCCC[C@@H]3C)nc12. The maximum absolute atomic E-state index is 12.2. The quantitative estimate of drug-likeness (QED) is 0.942. The molecule has 3 heterocycles. The molecule has 118 valence electrons. The van der Waals surface area contributed by atoms with Gasteiger partial charge in [-0.25, -0.2) is 4.98 Å². The number of likely N-dealkylation sites (tertiary alicyclic amines) is 1. The number of aryl methyl sites for hydroxylation is 1. The summed E-state index contributed by atoms with van der Waals surface area (Å²) in [6.07, 6.45) is 7.57. The van der Waals surface area contributed by atoms with E-state index in [1.807, 2.05) is 29.7 Å². The van der Waals surface area contributed by atoms with Crippen LogP contribution in [0.25, 0.3) is 5.65 Å². The van der Waals surface area contributed by atoms with E-state index in [0.717, 1.165) is 24.3 Å². The van der Waals surface area contributed by atoms with E-state index < -0.39 is 0 Å². The van der Waals surface area contributed by atoms with Gasteiger partial charge in [-0.05, 0) is 44.9 Å². The van der Waals surface area contributed by atoms with E-state index in [0.29, 0.717) is 18.3 Å². The maximum Gasteiger partial charge on any atom is 0.271 e. The molecule has 1 atom stereocenters. The zero-order chi connectivity index (χ0) is 15.5. The van der Waals surface area contributed by atoms with Gasteiger partial charge >= 0.3 is 0 Å². The number of carbonyl (C=O) groups excluding carboxylic acids is 1. The molecule has 0 aromatic carbocycles. The highest BCUT2D eigenvalue weighted by Crippen LogP contribution is 2.15. The number of nitrogens with zero attached hydrogens (tertiary/aromatic N) is 3. The van der Waals surface area contributed by atoms with E-state index in [1.165, 1.54) is 19.3 Å². The second-order valence-electron chi connectivity index (χ2n) is 6.18. The Kier molecular flexibility index (Phi) is 4.43. The molecule has 2 aromatic heterocycles. The van der Waals surface area contributed by atoms with E-state index in [1.54, 1.807) is 6.20 Å². The number of aromatic nitrogens is 2. The molecule has 0 radical (unpaired) electrons. The summed E-state index contributed by atoms with van der Waals surface area (Å²) in [6.45, 7) is 7.01. The number of fused-ring (bicyclic) bond motifs is 1. The molecule has 0 spiro atoms. The lowest BCUT2D eigenvalue weighted by molar-refractivity contribution is 0.0934. The van der Waals surface area contributed by atoms with Gasteiger partial charge in [-0.15, -0.1) is 0 Å². The van der Waals surface area contributed by atoms with E-state index >= 15 is 0 Å². The first-order valence-electron chi connectivity index (χ1n) is 8.12. The summed E-state index contributed by atoms with van der Waals surface area (Å²) in [5, 5.41) is 2.99. The van der Waals surface area contributed by atoms with Crippen molar-refractivity contribution in [1.82, 2.24) is 19.6 Å². The Labute approximate surface area is 131 Å². The zero-order valence-electron chi connectivity index (χ0n) is 13.4. The molecule has 5 heteroatoms. The predicted molar refractivity (Wildman–Crippen MR) is 87.1 cm³/mol. The molecular formula is C17H24N4O. The zero-order valence-corrected chi connectivity index (χ0v) is 13.4. The van der Waals surface area contributed by atoms with E-state index in [-0.39, 0.29) is 5.91 Å². The average Bonchev–Trinajstić information content (AvgIpc) is 2.95. The highest BCUT2D eigenvalue weighted by atomic mass is 16.1. The highest BCUT2D eigenvalue weighted by molar-refractivity contribution is 5.92. The summed E-state index contributed by atoms with van der Waals surface area (Å²) < 4.78 is 1.90. The van der Waals surface area contributed by atoms with Crippen molar-refractivity contribution in [2.45, 2.75) is 39.2 Å². The Morgan fingerprint density at radius 1 is 1.45 bits per heavy atom. The van der Waals surface area contributed by atoms with Crippen molar-refractivity contribution in [3.63, 3.8) is 0 Å². The van der Waals surface area contributed by atoms with Crippen LogP contribution in [0.4, 0.5) is 0 Å². The summed E-state index contributed by atoms with van der Waals surface area (Å²) in [5.41, 5.74) is 2.40. The van der Waals surface area contributed by atoms with Gasteiger partial charge in [-0.3, -0.25) is 9.69 Å². The highest BCUT2D eigenvalue weighted by Gasteiger charge is 2.18. The van der Waals surface area contributed by atoms with Crippen molar-refractivity contribution in [3.8, 4) is 0 Å². The minimum Gasteiger partial charge on any atom is -0.349 e. The standard InChI is InChI=1S/C17H24N4O/c1-13-6-5-10-21-12-15(19-16(13)21)17(22)18-8-11-20-9-4-3-7-14(20)2/h5-6,10,12,14H,3-4,7-9,11H2,1-2H3,(H,18,22)/t14-/m0/s1. The van der Waals surface area contributed by atoms with Crippen molar-refractivity contribution in [3.05, 3.63) is 35.8 Å². The van der Waals surface area contributed by atoms with Gasteiger partial charge in [0.05, 0.1) is 0 Å². The molecule has 1 saturated heterocycles. The first-order chi connectivity index (χ1) is 10.6. The minimum atomic E-state index is -0.0900. The third kappa shape index (κ3) is 3.14. The van der Waals surface area contributed by atoms with Crippen LogP contribution in [0.3, 0.4) is 0 Å². The summed E-state index contributed by atoms with van der Waals surface area (Å²) in [7, 11) is 0. The number of hydrogen-bond donors (Lipinski definition) is 1. The lowest BCUT2D eigenvalue weighted by atomic mass is 10.0. The van der Waals surface area contributed by atoms with Crippen molar-refractivity contribution in [2.24, 2.45) is 0 Å². The number of piperidine rings is 1. The van der Waals surface area contributed by atoms with E-state index in [9.17, 15) is 4.79 Å². The van der Waals surface area contributed by atoms with Gasteiger partial charge in [-0.2, -0.15) is 0 Å². The molecule has 1 aliphatic rings. The normalized spacial score (nSPS) is 19.5. The van der Waals surface area contributed by atoms with Crippen LogP contribution in [0.5, 0.6) is 0 Å². The topological polar surface area (TPSA) is 49.6 Å². The largest absolute Gasteiger partial charge is 0.349 e. The van der Waals surface area contributed by atoms with Crippen LogP contribution in [0.15, 0.2) is 24.5 Å². The number of amides is 1. The second kappa shape index (κ2) is 6.48. The van der Waals surface area contributed by atoms with Crippen LogP contribution in [0.2, 0.25) is 0 Å². The Morgan fingerprint density at radius 3 is 3.09 bits per heavy atom. The summed E-state index contributed by atoms with van der Waals surface area (Å²) >= 11 is 0. The fraction of sp³-hybridized carbons (Fsp3) is 0.529. The molecule has 0 saturated carbocycles. The third-order valence-electron chi connectivity index (χ3n) is 4.54. The molecule has 22 heavy (non-hydrogen) atoms. The van der Waals surface area contributed by atoms with Crippen molar-refractivity contribution < 1.29 is 4.79 Å². The molecule has 0 aliphatic carbocycles. The molecule has 1 amide bonds. The summed E-state index contributed by atoms with van der Waals surface area (Å²) in [6, 6.07) is 4.59. The number of nitrogens with one attached hydrogen (secondary N) is 1. The van der Waals surface area contributed by atoms with Crippen LogP contribution in [0.1, 0.15) is 42.2 Å². The van der Waals surface area contributed by atoms with Crippen molar-refractivity contribution in [1.29, 1.82) is 0 Å². The number of imidazole rings is 1. The van der Waals surface area contributed by atoms with Gasteiger partial charge < -0.3 is 9.72 Å². The first-order valence-corrected chi connectivity index (χ1v) is 8.12. The average molecular weight is 300 g/mol. The lowest BCUT2D eigenvalue weighted by Gasteiger charge is -2.33.